The topological polar surface area (TPSA) is 72.3 Å². The Morgan fingerprint density at radius 3 is 2.74 bits per heavy atom. The van der Waals surface area contributed by atoms with Crippen LogP contribution in [0.5, 0.6) is 0 Å². The number of hydrogen-bond acceptors (Lipinski definition) is 4. The van der Waals surface area contributed by atoms with E-state index in [9.17, 15) is 13.2 Å². The van der Waals surface area contributed by atoms with E-state index in [1.54, 1.807) is 16.9 Å². The Balaban J connectivity index is 2.24. The Morgan fingerprint density at radius 1 is 1.53 bits per heavy atom. The molecule has 0 N–H and O–H groups in total. The summed E-state index contributed by atoms with van der Waals surface area (Å²) in [5, 5.41) is 3.32. The minimum Gasteiger partial charge on any atom is -0.296 e. The van der Waals surface area contributed by atoms with Crippen LogP contribution in [0.25, 0.3) is 0 Å². The largest absolute Gasteiger partial charge is 0.296 e. The van der Waals surface area contributed by atoms with Crippen LogP contribution in [0.2, 0.25) is 0 Å². The molecule has 1 aliphatic heterocycles. The lowest BCUT2D eigenvalue weighted by atomic mass is 10.2. The summed E-state index contributed by atoms with van der Waals surface area (Å²) in [7, 11) is 1.61. The molecule has 1 unspecified atom stereocenters. The first-order valence-corrected chi connectivity index (χ1v) is 8.42. The number of carbonyl (C=O) groups is 1. The van der Waals surface area contributed by atoms with Crippen molar-refractivity contribution in [1.29, 1.82) is 0 Å². The Kier molecular flexibility index (Phi) is 3.87. The van der Waals surface area contributed by atoms with Crippen LogP contribution in [0.15, 0.2) is 12.3 Å². The van der Waals surface area contributed by atoms with Gasteiger partial charge in [0.1, 0.15) is 11.1 Å². The van der Waals surface area contributed by atoms with Gasteiger partial charge in [0, 0.05) is 36.3 Å². The number of anilines is 1. The Hall–Kier alpha value is -1.08. The van der Waals surface area contributed by atoms with E-state index in [-0.39, 0.29) is 18.9 Å². The van der Waals surface area contributed by atoms with Gasteiger partial charge in [-0.2, -0.15) is 5.10 Å². The van der Waals surface area contributed by atoms with E-state index in [0.717, 1.165) is 0 Å². The SMILES string of the molecule is CC(C)Cn1nccc1N1CC(S(=O)(=O)Cl)CC1=O. The van der Waals surface area contributed by atoms with Gasteiger partial charge >= 0.3 is 0 Å². The molecular weight excluding hydrogens is 290 g/mol. The summed E-state index contributed by atoms with van der Waals surface area (Å²) < 4.78 is 24.4. The van der Waals surface area contributed by atoms with Crippen molar-refractivity contribution in [3.8, 4) is 0 Å². The van der Waals surface area contributed by atoms with E-state index in [4.69, 9.17) is 10.7 Å². The lowest BCUT2D eigenvalue weighted by Gasteiger charge is -2.18. The quantitative estimate of drug-likeness (QED) is 0.784. The molecule has 2 heterocycles. The third kappa shape index (κ3) is 3.09. The fraction of sp³-hybridized carbons (Fsp3) is 0.636. The van der Waals surface area contributed by atoms with Gasteiger partial charge in [0.15, 0.2) is 0 Å². The van der Waals surface area contributed by atoms with Crippen molar-refractivity contribution < 1.29 is 13.2 Å². The summed E-state index contributed by atoms with van der Waals surface area (Å²) in [5.41, 5.74) is 0. The van der Waals surface area contributed by atoms with E-state index in [2.05, 4.69) is 5.10 Å². The van der Waals surface area contributed by atoms with Crippen LogP contribution in [0, 0.1) is 5.92 Å². The average molecular weight is 306 g/mol. The molecule has 1 fully saturated rings. The van der Waals surface area contributed by atoms with Crippen molar-refractivity contribution in [1.82, 2.24) is 9.78 Å². The first kappa shape index (κ1) is 14.3. The molecule has 0 aromatic carbocycles. The van der Waals surface area contributed by atoms with E-state index in [1.807, 2.05) is 13.8 Å². The van der Waals surface area contributed by atoms with Crippen molar-refractivity contribution >= 4 is 31.5 Å². The van der Waals surface area contributed by atoms with E-state index < -0.39 is 14.3 Å². The third-order valence-corrected chi connectivity index (χ3v) is 4.86. The molecule has 19 heavy (non-hydrogen) atoms. The molecule has 0 saturated carbocycles. The number of amides is 1. The van der Waals surface area contributed by atoms with Crippen LogP contribution >= 0.6 is 10.7 Å². The summed E-state index contributed by atoms with van der Waals surface area (Å²) in [6.45, 7) is 4.85. The lowest BCUT2D eigenvalue weighted by Crippen LogP contribution is -2.29. The van der Waals surface area contributed by atoms with Gasteiger partial charge in [0.05, 0.1) is 6.20 Å². The first-order valence-electron chi connectivity index (χ1n) is 6.04. The first-order chi connectivity index (χ1) is 8.79. The molecule has 106 valence electrons. The lowest BCUT2D eigenvalue weighted by molar-refractivity contribution is -0.117. The number of halogens is 1. The average Bonchev–Trinajstić information content (AvgIpc) is 2.82. The van der Waals surface area contributed by atoms with Crippen LogP contribution in [0.3, 0.4) is 0 Å². The second-order valence-electron chi connectivity index (χ2n) is 5.07. The number of carbonyl (C=O) groups excluding carboxylic acids is 1. The van der Waals surface area contributed by atoms with Gasteiger partial charge < -0.3 is 0 Å². The summed E-state index contributed by atoms with van der Waals surface area (Å²) >= 11 is 0. The zero-order valence-electron chi connectivity index (χ0n) is 10.8. The molecule has 1 aromatic rings. The standard InChI is InChI=1S/C11H16ClN3O3S/c1-8(2)6-15-10(3-4-13-15)14-7-9(5-11(14)16)19(12,17)18/h3-4,8-9H,5-7H2,1-2H3. The number of aromatic nitrogens is 2. The molecule has 6 nitrogen and oxygen atoms in total. The zero-order valence-corrected chi connectivity index (χ0v) is 12.4. The molecule has 1 aliphatic rings. The van der Waals surface area contributed by atoms with Gasteiger partial charge in [-0.15, -0.1) is 0 Å². The van der Waals surface area contributed by atoms with Crippen LogP contribution in [-0.2, 0) is 20.4 Å². The molecule has 8 heteroatoms. The molecule has 0 radical (unpaired) electrons. The van der Waals surface area contributed by atoms with Gasteiger partial charge in [0.25, 0.3) is 0 Å². The van der Waals surface area contributed by atoms with Crippen LogP contribution in [-0.4, -0.2) is 35.9 Å². The van der Waals surface area contributed by atoms with Gasteiger partial charge in [-0.1, -0.05) is 13.8 Å². The van der Waals surface area contributed by atoms with Crippen molar-refractivity contribution in [2.75, 3.05) is 11.4 Å². The second kappa shape index (κ2) is 5.13. The van der Waals surface area contributed by atoms with E-state index in [0.29, 0.717) is 18.3 Å². The highest BCUT2D eigenvalue weighted by Crippen LogP contribution is 2.26. The van der Waals surface area contributed by atoms with Crippen molar-refractivity contribution in [3.63, 3.8) is 0 Å². The minimum atomic E-state index is -3.72. The molecule has 1 aromatic heterocycles. The van der Waals surface area contributed by atoms with Crippen molar-refractivity contribution in [3.05, 3.63) is 12.3 Å². The molecule has 1 atom stereocenters. The van der Waals surface area contributed by atoms with Crippen LogP contribution < -0.4 is 4.90 Å². The van der Waals surface area contributed by atoms with Crippen molar-refractivity contribution in [2.45, 2.75) is 32.1 Å². The monoisotopic (exact) mass is 305 g/mol. The maximum absolute atomic E-state index is 11.9. The van der Waals surface area contributed by atoms with Gasteiger partial charge in [-0.3, -0.25) is 9.69 Å². The normalized spacial score (nSPS) is 20.5. The molecule has 0 bridgehead atoms. The summed E-state index contributed by atoms with van der Waals surface area (Å²) in [4.78, 5) is 13.4. The zero-order chi connectivity index (χ0) is 14.2. The molecule has 1 amide bonds. The molecule has 1 saturated heterocycles. The minimum absolute atomic E-state index is 0.0707. The number of rotatable bonds is 4. The highest BCUT2D eigenvalue weighted by atomic mass is 35.7. The summed E-state index contributed by atoms with van der Waals surface area (Å²) in [6.07, 6.45) is 1.53. The summed E-state index contributed by atoms with van der Waals surface area (Å²) in [5.74, 6) is 0.769. The number of hydrogen-bond donors (Lipinski definition) is 0. The predicted molar refractivity (Wildman–Crippen MR) is 72.6 cm³/mol. The maximum Gasteiger partial charge on any atom is 0.237 e. The highest BCUT2D eigenvalue weighted by molar-refractivity contribution is 8.14. The van der Waals surface area contributed by atoms with Crippen molar-refractivity contribution in [2.24, 2.45) is 5.92 Å². The smallest absolute Gasteiger partial charge is 0.237 e. The van der Waals surface area contributed by atoms with Crippen LogP contribution in [0.4, 0.5) is 5.82 Å². The third-order valence-electron chi connectivity index (χ3n) is 3.00. The Morgan fingerprint density at radius 2 is 2.21 bits per heavy atom. The van der Waals surface area contributed by atoms with E-state index >= 15 is 0 Å². The molecule has 2 rings (SSSR count). The highest BCUT2D eigenvalue weighted by Gasteiger charge is 2.39. The molecule has 0 spiro atoms. The van der Waals surface area contributed by atoms with E-state index in [1.165, 1.54) is 4.90 Å². The molecular formula is C11H16ClN3O3S. The fourth-order valence-electron chi connectivity index (χ4n) is 2.13. The van der Waals surface area contributed by atoms with Gasteiger partial charge in [0.2, 0.25) is 15.0 Å². The summed E-state index contributed by atoms with van der Waals surface area (Å²) in [6, 6.07) is 1.71. The van der Waals surface area contributed by atoms with Crippen LogP contribution in [0.1, 0.15) is 20.3 Å². The maximum atomic E-state index is 11.9. The van der Waals surface area contributed by atoms with Gasteiger partial charge in [-0.05, 0) is 5.92 Å². The Bertz CT molecular complexity index is 582. The fourth-order valence-corrected chi connectivity index (χ4v) is 3.15. The number of nitrogens with zero attached hydrogens (tertiary/aromatic N) is 3. The second-order valence-corrected chi connectivity index (χ2v) is 7.98. The molecule has 0 aliphatic carbocycles. The predicted octanol–water partition coefficient (Wildman–Crippen LogP) is 1.21. The van der Waals surface area contributed by atoms with Gasteiger partial charge in [-0.25, -0.2) is 13.1 Å². The Labute approximate surface area is 116 Å².